The van der Waals surface area contributed by atoms with Crippen LogP contribution in [0.25, 0.3) is 5.65 Å². The van der Waals surface area contributed by atoms with Gasteiger partial charge in [0.05, 0.1) is 25.4 Å². The van der Waals surface area contributed by atoms with Crippen molar-refractivity contribution >= 4 is 5.65 Å². The van der Waals surface area contributed by atoms with Crippen LogP contribution < -0.4 is 0 Å². The number of benzene rings is 1. The number of nitrogens with zero attached hydrogens (tertiary/aromatic N) is 4. The molecule has 26 heavy (non-hydrogen) atoms. The Balaban J connectivity index is 1.35. The zero-order valence-corrected chi connectivity index (χ0v) is 14.7. The summed E-state index contributed by atoms with van der Waals surface area (Å²) in [5.74, 6) is 0.954. The molecule has 1 aliphatic rings. The van der Waals surface area contributed by atoms with Crippen molar-refractivity contribution in [2.45, 2.75) is 31.6 Å². The van der Waals surface area contributed by atoms with E-state index in [0.717, 1.165) is 36.4 Å². The van der Waals surface area contributed by atoms with Gasteiger partial charge >= 0.3 is 0 Å². The summed E-state index contributed by atoms with van der Waals surface area (Å²) < 4.78 is 7.72. The fourth-order valence-corrected chi connectivity index (χ4v) is 3.63. The lowest BCUT2D eigenvalue weighted by Gasteiger charge is -2.25. The lowest BCUT2D eigenvalue weighted by atomic mass is 10.2. The molecule has 1 aliphatic heterocycles. The number of fused-ring (bicyclic) bond motifs is 1. The predicted octanol–water partition coefficient (Wildman–Crippen LogP) is 2.44. The van der Waals surface area contributed by atoms with Crippen LogP contribution in [0.2, 0.25) is 0 Å². The average molecular weight is 352 g/mol. The molecule has 3 aromatic rings. The number of aliphatic hydroxyl groups excluding tert-OH is 1. The van der Waals surface area contributed by atoms with Gasteiger partial charge in [-0.15, -0.1) is 10.2 Å². The van der Waals surface area contributed by atoms with E-state index in [0.29, 0.717) is 19.8 Å². The van der Waals surface area contributed by atoms with E-state index in [1.807, 2.05) is 59.1 Å². The first-order chi connectivity index (χ1) is 12.8. The van der Waals surface area contributed by atoms with Crippen molar-refractivity contribution in [3.63, 3.8) is 0 Å². The maximum Gasteiger partial charge on any atom is 0.160 e. The summed E-state index contributed by atoms with van der Waals surface area (Å²) in [4.78, 5) is 2.29. The zero-order valence-electron chi connectivity index (χ0n) is 14.7. The van der Waals surface area contributed by atoms with E-state index in [9.17, 15) is 5.11 Å². The van der Waals surface area contributed by atoms with Crippen LogP contribution in [-0.4, -0.2) is 50.4 Å². The molecular weight excluding hydrogens is 328 g/mol. The molecule has 0 saturated carbocycles. The van der Waals surface area contributed by atoms with Gasteiger partial charge in [-0.25, -0.2) is 0 Å². The van der Waals surface area contributed by atoms with Gasteiger partial charge in [-0.3, -0.25) is 9.30 Å². The summed E-state index contributed by atoms with van der Waals surface area (Å²) in [5.41, 5.74) is 1.98. The van der Waals surface area contributed by atoms with Crippen molar-refractivity contribution in [2.24, 2.45) is 0 Å². The Labute approximate surface area is 153 Å². The highest BCUT2D eigenvalue weighted by Gasteiger charge is 2.31. The van der Waals surface area contributed by atoms with Crippen molar-refractivity contribution in [2.75, 3.05) is 19.7 Å². The van der Waals surface area contributed by atoms with Gasteiger partial charge in [0.25, 0.3) is 0 Å². The Bertz CT molecular complexity index is 836. The van der Waals surface area contributed by atoms with Crippen LogP contribution in [0, 0.1) is 0 Å². The molecule has 0 aliphatic carbocycles. The minimum Gasteiger partial charge on any atom is -0.389 e. The SMILES string of the molecule is O[C@@H](COCc1ccccc1)CN1CCC[C@@H]1c1nnc2ccccn12. The second-order valence-electron chi connectivity index (χ2n) is 6.79. The summed E-state index contributed by atoms with van der Waals surface area (Å²) in [6, 6.07) is 16.1. The summed E-state index contributed by atoms with van der Waals surface area (Å²) >= 11 is 0. The molecule has 4 rings (SSSR count). The number of aliphatic hydroxyl groups is 1. The van der Waals surface area contributed by atoms with Gasteiger partial charge in [-0.1, -0.05) is 36.4 Å². The van der Waals surface area contributed by atoms with E-state index >= 15 is 0 Å². The molecule has 0 radical (unpaired) electrons. The molecule has 1 N–H and O–H groups in total. The fourth-order valence-electron chi connectivity index (χ4n) is 3.63. The summed E-state index contributed by atoms with van der Waals surface area (Å²) in [6.45, 7) is 2.40. The lowest BCUT2D eigenvalue weighted by molar-refractivity contribution is 0.00716. The van der Waals surface area contributed by atoms with Crippen LogP contribution in [0.1, 0.15) is 30.3 Å². The monoisotopic (exact) mass is 352 g/mol. The number of rotatable bonds is 7. The highest BCUT2D eigenvalue weighted by molar-refractivity contribution is 5.37. The standard InChI is InChI=1S/C20H24N4O2/c25-17(15-26-14-16-7-2-1-3-8-16)13-23-11-6-9-18(23)20-22-21-19-10-4-5-12-24(19)20/h1-5,7-8,10,12,17-18,25H,6,9,11,13-15H2/t17-,18-/m1/s1. The summed E-state index contributed by atoms with van der Waals surface area (Å²) in [5, 5.41) is 19.1. The number of hydrogen-bond acceptors (Lipinski definition) is 5. The molecular formula is C20H24N4O2. The number of aromatic nitrogens is 3. The van der Waals surface area contributed by atoms with Crippen molar-refractivity contribution in [3.8, 4) is 0 Å². The van der Waals surface area contributed by atoms with Gasteiger partial charge in [0.2, 0.25) is 0 Å². The molecule has 0 bridgehead atoms. The van der Waals surface area contributed by atoms with Gasteiger partial charge in [0.15, 0.2) is 11.5 Å². The Morgan fingerprint density at radius 1 is 1.12 bits per heavy atom. The Hall–Kier alpha value is -2.28. The molecule has 3 heterocycles. The molecule has 6 nitrogen and oxygen atoms in total. The normalized spacial score (nSPS) is 19.2. The molecule has 0 spiro atoms. The van der Waals surface area contributed by atoms with Crippen molar-refractivity contribution in [1.82, 2.24) is 19.5 Å². The smallest absolute Gasteiger partial charge is 0.160 e. The van der Waals surface area contributed by atoms with Crippen LogP contribution >= 0.6 is 0 Å². The number of pyridine rings is 1. The molecule has 0 unspecified atom stereocenters. The molecule has 6 heteroatoms. The quantitative estimate of drug-likeness (QED) is 0.708. The molecule has 1 fully saturated rings. The molecule has 136 valence electrons. The van der Waals surface area contributed by atoms with E-state index in [4.69, 9.17) is 4.74 Å². The fraction of sp³-hybridized carbons (Fsp3) is 0.400. The third-order valence-electron chi connectivity index (χ3n) is 4.87. The van der Waals surface area contributed by atoms with Crippen LogP contribution in [0.3, 0.4) is 0 Å². The number of ether oxygens (including phenoxy) is 1. The third-order valence-corrected chi connectivity index (χ3v) is 4.87. The maximum absolute atomic E-state index is 10.4. The second kappa shape index (κ2) is 7.95. The van der Waals surface area contributed by atoms with Gasteiger partial charge in [-0.05, 0) is 37.1 Å². The Morgan fingerprint density at radius 2 is 1.96 bits per heavy atom. The first kappa shape index (κ1) is 17.1. The minimum absolute atomic E-state index is 0.191. The molecule has 1 saturated heterocycles. The Morgan fingerprint density at radius 3 is 2.85 bits per heavy atom. The van der Waals surface area contributed by atoms with Crippen LogP contribution in [0.15, 0.2) is 54.7 Å². The van der Waals surface area contributed by atoms with E-state index in [-0.39, 0.29) is 6.04 Å². The minimum atomic E-state index is -0.515. The van der Waals surface area contributed by atoms with Gasteiger partial charge in [0, 0.05) is 12.7 Å². The summed E-state index contributed by atoms with van der Waals surface area (Å²) in [7, 11) is 0. The van der Waals surface area contributed by atoms with Crippen LogP contribution in [0.5, 0.6) is 0 Å². The first-order valence-electron chi connectivity index (χ1n) is 9.15. The first-order valence-corrected chi connectivity index (χ1v) is 9.15. The van der Waals surface area contributed by atoms with Crippen molar-refractivity contribution in [3.05, 3.63) is 66.1 Å². The number of likely N-dealkylation sites (tertiary alicyclic amines) is 1. The van der Waals surface area contributed by atoms with Gasteiger partial charge < -0.3 is 9.84 Å². The summed E-state index contributed by atoms with van der Waals surface area (Å²) in [6.07, 6.45) is 3.62. The lowest BCUT2D eigenvalue weighted by Crippen LogP contribution is -2.35. The van der Waals surface area contributed by atoms with E-state index in [1.165, 1.54) is 0 Å². The topological polar surface area (TPSA) is 62.9 Å². The maximum atomic E-state index is 10.4. The average Bonchev–Trinajstić information content (AvgIpc) is 3.29. The molecule has 1 aromatic carbocycles. The highest BCUT2D eigenvalue weighted by Crippen LogP contribution is 2.31. The van der Waals surface area contributed by atoms with Gasteiger partial charge in [0.1, 0.15) is 0 Å². The second-order valence-corrected chi connectivity index (χ2v) is 6.79. The van der Waals surface area contributed by atoms with Crippen molar-refractivity contribution in [1.29, 1.82) is 0 Å². The van der Waals surface area contributed by atoms with E-state index in [2.05, 4.69) is 15.1 Å². The van der Waals surface area contributed by atoms with Crippen LogP contribution in [-0.2, 0) is 11.3 Å². The van der Waals surface area contributed by atoms with Gasteiger partial charge in [-0.2, -0.15) is 0 Å². The molecule has 2 aromatic heterocycles. The number of hydrogen-bond donors (Lipinski definition) is 1. The van der Waals surface area contributed by atoms with E-state index < -0.39 is 6.10 Å². The third kappa shape index (κ3) is 3.77. The predicted molar refractivity (Wildman–Crippen MR) is 98.6 cm³/mol. The van der Waals surface area contributed by atoms with E-state index in [1.54, 1.807) is 0 Å². The molecule has 0 amide bonds. The number of β-amino-alcohol motifs (C(OH)–C–C–N with tert-alkyl or cyclic N) is 1. The largest absolute Gasteiger partial charge is 0.389 e. The highest BCUT2D eigenvalue weighted by atomic mass is 16.5. The Kier molecular flexibility index (Phi) is 5.24. The zero-order chi connectivity index (χ0) is 17.8. The molecule has 2 atom stereocenters. The van der Waals surface area contributed by atoms with Crippen LogP contribution in [0.4, 0.5) is 0 Å². The van der Waals surface area contributed by atoms with Crippen molar-refractivity contribution < 1.29 is 9.84 Å².